The quantitative estimate of drug-likeness (QED) is 0.388. The van der Waals surface area contributed by atoms with Gasteiger partial charge in [0.2, 0.25) is 0 Å². The molecule has 5 heteroatoms. The van der Waals surface area contributed by atoms with Crippen molar-refractivity contribution in [1.29, 1.82) is 0 Å². The SMILES string of the molecule is CO[NH2+]c1c(CBr)cccc1C(=O)OC. The number of quaternary nitrogens is 1. The van der Waals surface area contributed by atoms with Crippen LogP contribution in [-0.2, 0) is 14.9 Å². The second-order valence-corrected chi connectivity index (χ2v) is 3.42. The Morgan fingerprint density at radius 3 is 2.73 bits per heavy atom. The molecule has 0 saturated carbocycles. The van der Waals surface area contributed by atoms with Crippen molar-refractivity contribution in [1.82, 2.24) is 0 Å². The Labute approximate surface area is 96.7 Å². The fourth-order valence-corrected chi connectivity index (χ4v) is 1.76. The monoisotopic (exact) mass is 274 g/mol. The lowest BCUT2D eigenvalue weighted by Gasteiger charge is -2.07. The third-order valence-corrected chi connectivity index (χ3v) is 2.59. The van der Waals surface area contributed by atoms with Crippen LogP contribution in [0.25, 0.3) is 0 Å². The summed E-state index contributed by atoms with van der Waals surface area (Å²) in [6.45, 7) is 0. The van der Waals surface area contributed by atoms with Gasteiger partial charge < -0.3 is 4.74 Å². The van der Waals surface area contributed by atoms with Crippen LogP contribution >= 0.6 is 15.9 Å². The molecular weight excluding hydrogens is 262 g/mol. The molecule has 0 bridgehead atoms. The van der Waals surface area contributed by atoms with E-state index in [0.29, 0.717) is 10.9 Å². The van der Waals surface area contributed by atoms with Crippen LogP contribution in [0, 0.1) is 0 Å². The average Bonchev–Trinajstić information content (AvgIpc) is 2.28. The predicted molar refractivity (Wildman–Crippen MR) is 59.0 cm³/mol. The molecule has 0 aliphatic heterocycles. The van der Waals surface area contributed by atoms with Crippen LogP contribution < -0.4 is 5.48 Å². The number of carbonyl (C=O) groups excluding carboxylic acids is 1. The lowest BCUT2D eigenvalue weighted by Crippen LogP contribution is -2.77. The van der Waals surface area contributed by atoms with Gasteiger partial charge in [0, 0.05) is 10.9 Å². The summed E-state index contributed by atoms with van der Waals surface area (Å²) in [5, 5.41) is 0.660. The molecule has 0 unspecified atom stereocenters. The largest absolute Gasteiger partial charge is 0.465 e. The molecule has 0 spiro atoms. The Morgan fingerprint density at radius 1 is 1.47 bits per heavy atom. The number of nitrogens with two attached hydrogens (primary N) is 1. The number of hydrogen-bond donors (Lipinski definition) is 1. The summed E-state index contributed by atoms with van der Waals surface area (Å²) in [5.41, 5.74) is 3.79. The Morgan fingerprint density at radius 2 is 2.20 bits per heavy atom. The van der Waals surface area contributed by atoms with Crippen molar-refractivity contribution >= 4 is 27.6 Å². The van der Waals surface area contributed by atoms with Crippen molar-refractivity contribution < 1.29 is 19.8 Å². The highest BCUT2D eigenvalue weighted by molar-refractivity contribution is 9.08. The minimum Gasteiger partial charge on any atom is -0.465 e. The Kier molecular flexibility index (Phi) is 4.74. The van der Waals surface area contributed by atoms with Gasteiger partial charge in [0.1, 0.15) is 5.56 Å². The first kappa shape index (κ1) is 12.2. The third kappa shape index (κ3) is 2.77. The number of halogens is 1. The molecule has 0 fully saturated rings. The summed E-state index contributed by atoms with van der Waals surface area (Å²) < 4.78 is 4.69. The second kappa shape index (κ2) is 5.85. The fraction of sp³-hybridized carbons (Fsp3) is 0.300. The van der Waals surface area contributed by atoms with Gasteiger partial charge in [-0.15, -0.1) is 0 Å². The zero-order chi connectivity index (χ0) is 11.3. The van der Waals surface area contributed by atoms with E-state index in [1.807, 2.05) is 12.1 Å². The van der Waals surface area contributed by atoms with Gasteiger partial charge in [0.05, 0.1) is 14.2 Å². The minimum absolute atomic E-state index is 0.360. The van der Waals surface area contributed by atoms with Gasteiger partial charge in [-0.25, -0.2) is 9.63 Å². The average molecular weight is 275 g/mol. The molecule has 0 aliphatic rings. The van der Waals surface area contributed by atoms with E-state index in [4.69, 9.17) is 9.57 Å². The van der Waals surface area contributed by atoms with Gasteiger partial charge in [-0.05, 0) is 6.07 Å². The van der Waals surface area contributed by atoms with Crippen molar-refractivity contribution in [2.24, 2.45) is 0 Å². The van der Waals surface area contributed by atoms with E-state index in [2.05, 4.69) is 15.9 Å². The molecule has 1 aromatic carbocycles. The van der Waals surface area contributed by atoms with Gasteiger partial charge in [-0.3, -0.25) is 0 Å². The van der Waals surface area contributed by atoms with Gasteiger partial charge in [-0.1, -0.05) is 28.1 Å². The van der Waals surface area contributed by atoms with Crippen LogP contribution in [0.3, 0.4) is 0 Å². The van der Waals surface area contributed by atoms with Crippen molar-refractivity contribution in [3.05, 3.63) is 29.3 Å². The van der Waals surface area contributed by atoms with E-state index >= 15 is 0 Å². The molecular formula is C10H13BrNO3+. The molecule has 4 nitrogen and oxygen atoms in total. The zero-order valence-corrected chi connectivity index (χ0v) is 10.2. The summed E-state index contributed by atoms with van der Waals surface area (Å²) in [5.74, 6) is -0.360. The van der Waals surface area contributed by atoms with E-state index in [1.54, 1.807) is 18.7 Å². The molecule has 0 aromatic heterocycles. The van der Waals surface area contributed by atoms with Crippen molar-refractivity contribution in [3.63, 3.8) is 0 Å². The lowest BCUT2D eigenvalue weighted by molar-refractivity contribution is -0.830. The first-order chi connectivity index (χ1) is 7.24. The molecule has 1 aromatic rings. The molecule has 0 saturated heterocycles. The predicted octanol–water partition coefficient (Wildman–Crippen LogP) is 1.12. The summed E-state index contributed by atoms with van der Waals surface area (Å²) in [4.78, 5) is 16.4. The minimum atomic E-state index is -0.360. The summed E-state index contributed by atoms with van der Waals surface area (Å²) in [6.07, 6.45) is 0. The molecule has 0 atom stereocenters. The normalized spacial score (nSPS) is 10.1. The highest BCUT2D eigenvalue weighted by atomic mass is 79.9. The van der Waals surface area contributed by atoms with Gasteiger partial charge in [0.25, 0.3) is 0 Å². The summed E-state index contributed by atoms with van der Waals surface area (Å²) >= 11 is 3.36. The first-order valence-electron chi connectivity index (χ1n) is 4.36. The van der Waals surface area contributed by atoms with Crippen LogP contribution in [0.4, 0.5) is 5.69 Å². The number of hydrogen-bond acceptors (Lipinski definition) is 3. The number of ether oxygens (including phenoxy) is 1. The molecule has 82 valence electrons. The molecule has 0 radical (unpaired) electrons. The number of rotatable bonds is 4. The van der Waals surface area contributed by atoms with Gasteiger partial charge in [-0.2, -0.15) is 5.48 Å². The maximum absolute atomic E-state index is 11.5. The molecule has 0 aliphatic carbocycles. The fourth-order valence-electron chi connectivity index (χ4n) is 1.27. The number of benzene rings is 1. The number of alkyl halides is 1. The second-order valence-electron chi connectivity index (χ2n) is 2.86. The van der Waals surface area contributed by atoms with Gasteiger partial charge in [0.15, 0.2) is 5.69 Å². The Balaban J connectivity index is 3.18. The lowest BCUT2D eigenvalue weighted by atomic mass is 10.1. The van der Waals surface area contributed by atoms with E-state index in [0.717, 1.165) is 11.3 Å². The Bertz CT molecular complexity index is 355. The van der Waals surface area contributed by atoms with Gasteiger partial charge >= 0.3 is 5.97 Å². The molecule has 2 N–H and O–H groups in total. The number of carbonyl (C=O) groups is 1. The highest BCUT2D eigenvalue weighted by Crippen LogP contribution is 2.19. The summed E-state index contributed by atoms with van der Waals surface area (Å²) in [6, 6.07) is 5.45. The molecule has 0 heterocycles. The number of methoxy groups -OCH3 is 1. The maximum Gasteiger partial charge on any atom is 0.344 e. The Hall–Kier alpha value is -0.910. The highest BCUT2D eigenvalue weighted by Gasteiger charge is 2.18. The van der Waals surface area contributed by atoms with Crippen LogP contribution in [0.2, 0.25) is 0 Å². The topological polar surface area (TPSA) is 52.1 Å². The molecule has 1 rings (SSSR count). The van der Waals surface area contributed by atoms with E-state index < -0.39 is 0 Å². The third-order valence-electron chi connectivity index (χ3n) is 1.98. The van der Waals surface area contributed by atoms with Crippen molar-refractivity contribution in [2.45, 2.75) is 5.33 Å². The summed E-state index contributed by atoms with van der Waals surface area (Å²) in [7, 11) is 2.91. The van der Waals surface area contributed by atoms with Crippen LogP contribution in [-0.4, -0.2) is 20.2 Å². The van der Waals surface area contributed by atoms with Crippen LogP contribution in [0.15, 0.2) is 18.2 Å². The number of esters is 1. The first-order valence-corrected chi connectivity index (χ1v) is 5.49. The van der Waals surface area contributed by atoms with E-state index in [-0.39, 0.29) is 5.97 Å². The van der Waals surface area contributed by atoms with Crippen LogP contribution in [0.5, 0.6) is 0 Å². The van der Waals surface area contributed by atoms with Crippen molar-refractivity contribution in [3.8, 4) is 0 Å². The van der Waals surface area contributed by atoms with E-state index in [9.17, 15) is 4.79 Å². The molecule has 15 heavy (non-hydrogen) atoms. The smallest absolute Gasteiger partial charge is 0.344 e. The molecule has 0 amide bonds. The van der Waals surface area contributed by atoms with Crippen LogP contribution in [0.1, 0.15) is 15.9 Å². The van der Waals surface area contributed by atoms with E-state index in [1.165, 1.54) is 7.11 Å². The standard InChI is InChI=1S/C10H12BrNO3/c1-14-10(13)8-5-3-4-7(6-11)9(8)12-15-2/h3-5,12H,6H2,1-2H3/p+1. The zero-order valence-electron chi connectivity index (χ0n) is 8.62. The maximum atomic E-state index is 11.5. The van der Waals surface area contributed by atoms with Crippen molar-refractivity contribution in [2.75, 3.05) is 14.2 Å².